The Hall–Kier alpha value is -0.730. The molecule has 0 aliphatic carbocycles. The second-order valence-corrected chi connectivity index (χ2v) is 1.52. The Balaban J connectivity index is 0.000000291. The molecule has 0 saturated heterocycles. The van der Waals surface area contributed by atoms with Gasteiger partial charge in [0.05, 0.1) is 0 Å². The highest BCUT2D eigenvalue weighted by atomic mass is 16.5. The molecule has 1 heterocycles. The zero-order chi connectivity index (χ0) is 7.28. The van der Waals surface area contributed by atoms with Crippen LogP contribution in [-0.2, 0) is 4.74 Å². The van der Waals surface area contributed by atoms with Crippen LogP contribution in [0.5, 0.6) is 0 Å². The highest BCUT2D eigenvalue weighted by Crippen LogP contribution is 1.94. The SMILES string of the molecule is CC.CC1=NNC(C)O1. The zero-order valence-electron chi connectivity index (χ0n) is 6.43. The number of hydrogen-bond donors (Lipinski definition) is 1. The lowest BCUT2D eigenvalue weighted by Crippen LogP contribution is -2.15. The fourth-order valence-electron chi connectivity index (χ4n) is 0.490. The summed E-state index contributed by atoms with van der Waals surface area (Å²) in [4.78, 5) is 0. The summed E-state index contributed by atoms with van der Waals surface area (Å²) in [6.45, 7) is 7.72. The number of rotatable bonds is 0. The van der Waals surface area contributed by atoms with Gasteiger partial charge in [-0.2, -0.15) is 0 Å². The van der Waals surface area contributed by atoms with E-state index in [9.17, 15) is 0 Å². The number of hydrazone groups is 1. The van der Waals surface area contributed by atoms with E-state index in [-0.39, 0.29) is 6.23 Å². The smallest absolute Gasteiger partial charge is 0.204 e. The molecule has 9 heavy (non-hydrogen) atoms. The van der Waals surface area contributed by atoms with Crippen molar-refractivity contribution in [1.82, 2.24) is 5.43 Å². The monoisotopic (exact) mass is 130 g/mol. The van der Waals surface area contributed by atoms with Crippen molar-refractivity contribution in [3.8, 4) is 0 Å². The van der Waals surface area contributed by atoms with Gasteiger partial charge in [0.2, 0.25) is 5.90 Å². The van der Waals surface area contributed by atoms with Gasteiger partial charge in [-0.3, -0.25) is 5.43 Å². The lowest BCUT2D eigenvalue weighted by atomic mass is 10.7. The molecular formula is C6H14N2O. The molecule has 0 aromatic carbocycles. The molecule has 0 bridgehead atoms. The van der Waals surface area contributed by atoms with Crippen LogP contribution in [0.1, 0.15) is 27.7 Å². The molecule has 1 N–H and O–H groups in total. The fourth-order valence-corrected chi connectivity index (χ4v) is 0.490. The predicted molar refractivity (Wildman–Crippen MR) is 38.1 cm³/mol. The third kappa shape index (κ3) is 2.95. The van der Waals surface area contributed by atoms with E-state index in [1.807, 2.05) is 27.7 Å². The van der Waals surface area contributed by atoms with Gasteiger partial charge in [-0.05, 0) is 6.92 Å². The molecule has 1 aliphatic rings. The molecule has 54 valence electrons. The lowest BCUT2D eigenvalue weighted by Gasteiger charge is -1.99. The third-order valence-electron chi connectivity index (χ3n) is 0.751. The maximum absolute atomic E-state index is 5.00. The van der Waals surface area contributed by atoms with Crippen molar-refractivity contribution in [3.63, 3.8) is 0 Å². The Bertz CT molecular complexity index is 101. The minimum absolute atomic E-state index is 0.0694. The van der Waals surface area contributed by atoms with Gasteiger partial charge in [0.25, 0.3) is 0 Å². The average Bonchev–Trinajstić information content (AvgIpc) is 2.20. The number of ether oxygens (including phenoxy) is 1. The van der Waals surface area contributed by atoms with Crippen molar-refractivity contribution >= 4 is 5.90 Å². The third-order valence-corrected chi connectivity index (χ3v) is 0.751. The molecule has 0 spiro atoms. The molecule has 1 unspecified atom stereocenters. The van der Waals surface area contributed by atoms with Crippen molar-refractivity contribution in [2.45, 2.75) is 33.9 Å². The molecule has 0 saturated carbocycles. The van der Waals surface area contributed by atoms with Crippen molar-refractivity contribution in [2.75, 3.05) is 0 Å². The van der Waals surface area contributed by atoms with E-state index in [1.54, 1.807) is 0 Å². The van der Waals surface area contributed by atoms with Crippen LogP contribution in [0, 0.1) is 0 Å². The van der Waals surface area contributed by atoms with Crippen LogP contribution in [0.3, 0.4) is 0 Å². The topological polar surface area (TPSA) is 33.6 Å². The average molecular weight is 130 g/mol. The zero-order valence-corrected chi connectivity index (χ0v) is 6.43. The molecule has 3 heteroatoms. The van der Waals surface area contributed by atoms with Crippen molar-refractivity contribution in [1.29, 1.82) is 0 Å². The Morgan fingerprint density at radius 1 is 1.56 bits per heavy atom. The van der Waals surface area contributed by atoms with Crippen LogP contribution in [0.25, 0.3) is 0 Å². The van der Waals surface area contributed by atoms with Gasteiger partial charge in [0, 0.05) is 6.92 Å². The molecule has 1 rings (SSSR count). The van der Waals surface area contributed by atoms with E-state index < -0.39 is 0 Å². The predicted octanol–water partition coefficient (Wildman–Crippen LogP) is 1.31. The van der Waals surface area contributed by atoms with Crippen molar-refractivity contribution in [3.05, 3.63) is 0 Å². The van der Waals surface area contributed by atoms with E-state index >= 15 is 0 Å². The quantitative estimate of drug-likeness (QED) is 0.536. The molecule has 0 fully saturated rings. The Morgan fingerprint density at radius 2 is 2.11 bits per heavy atom. The number of hydrogen-bond acceptors (Lipinski definition) is 3. The van der Waals surface area contributed by atoms with Gasteiger partial charge in [0.1, 0.15) is 0 Å². The molecule has 0 aromatic heterocycles. The van der Waals surface area contributed by atoms with E-state index in [1.165, 1.54) is 0 Å². The minimum Gasteiger partial charge on any atom is -0.455 e. The van der Waals surface area contributed by atoms with Crippen LogP contribution in [0.15, 0.2) is 5.10 Å². The molecule has 0 amide bonds. The Labute approximate surface area is 56.1 Å². The fraction of sp³-hybridized carbons (Fsp3) is 0.833. The van der Waals surface area contributed by atoms with Gasteiger partial charge in [-0.1, -0.05) is 13.8 Å². The summed E-state index contributed by atoms with van der Waals surface area (Å²) in [5.74, 6) is 0.715. The molecular weight excluding hydrogens is 116 g/mol. The van der Waals surface area contributed by atoms with Gasteiger partial charge >= 0.3 is 0 Å². The van der Waals surface area contributed by atoms with Crippen molar-refractivity contribution < 1.29 is 4.74 Å². The van der Waals surface area contributed by atoms with Crippen LogP contribution < -0.4 is 5.43 Å². The van der Waals surface area contributed by atoms with Crippen LogP contribution in [0.4, 0.5) is 0 Å². The van der Waals surface area contributed by atoms with Gasteiger partial charge in [-0.25, -0.2) is 0 Å². The second kappa shape index (κ2) is 4.18. The number of nitrogens with one attached hydrogen (secondary N) is 1. The molecule has 3 nitrogen and oxygen atoms in total. The molecule has 0 radical (unpaired) electrons. The van der Waals surface area contributed by atoms with E-state index in [4.69, 9.17) is 4.74 Å². The van der Waals surface area contributed by atoms with E-state index in [0.29, 0.717) is 5.90 Å². The summed E-state index contributed by atoms with van der Waals surface area (Å²) in [6, 6.07) is 0. The first-order valence-electron chi connectivity index (χ1n) is 3.25. The van der Waals surface area contributed by atoms with Gasteiger partial charge < -0.3 is 4.74 Å². The standard InChI is InChI=1S/C4H8N2O.C2H6/c1-3-5-6-4(2)7-3;1-2/h3,5H,1-2H3;1-2H3. The minimum atomic E-state index is 0.0694. The first kappa shape index (κ1) is 8.27. The Kier molecular flexibility index (Phi) is 3.84. The largest absolute Gasteiger partial charge is 0.455 e. The summed E-state index contributed by atoms with van der Waals surface area (Å²) in [7, 11) is 0. The molecule has 0 aromatic rings. The first-order valence-corrected chi connectivity index (χ1v) is 3.25. The highest BCUT2D eigenvalue weighted by molar-refractivity contribution is 5.73. The van der Waals surface area contributed by atoms with Gasteiger partial charge in [0.15, 0.2) is 6.23 Å². The van der Waals surface area contributed by atoms with Crippen LogP contribution >= 0.6 is 0 Å². The maximum atomic E-state index is 5.00. The number of nitrogens with zero attached hydrogens (tertiary/aromatic N) is 1. The Morgan fingerprint density at radius 3 is 2.22 bits per heavy atom. The summed E-state index contributed by atoms with van der Waals surface area (Å²) in [5, 5.41) is 3.76. The molecule has 1 atom stereocenters. The maximum Gasteiger partial charge on any atom is 0.204 e. The first-order chi connectivity index (χ1) is 4.29. The van der Waals surface area contributed by atoms with Gasteiger partial charge in [-0.15, -0.1) is 5.10 Å². The summed E-state index contributed by atoms with van der Waals surface area (Å²) >= 11 is 0. The van der Waals surface area contributed by atoms with Crippen molar-refractivity contribution in [2.24, 2.45) is 5.10 Å². The van der Waals surface area contributed by atoms with E-state index in [0.717, 1.165) is 0 Å². The molecule has 1 aliphatic heterocycles. The lowest BCUT2D eigenvalue weighted by molar-refractivity contribution is 0.207. The highest BCUT2D eigenvalue weighted by Gasteiger charge is 2.07. The normalized spacial score (nSPS) is 22.7. The van der Waals surface area contributed by atoms with Crippen LogP contribution in [-0.4, -0.2) is 12.1 Å². The summed E-state index contributed by atoms with van der Waals surface area (Å²) in [6.07, 6.45) is 0.0694. The second-order valence-electron chi connectivity index (χ2n) is 1.52. The summed E-state index contributed by atoms with van der Waals surface area (Å²) < 4.78 is 5.00. The summed E-state index contributed by atoms with van der Waals surface area (Å²) in [5.41, 5.74) is 2.73. The van der Waals surface area contributed by atoms with E-state index in [2.05, 4.69) is 10.5 Å². The van der Waals surface area contributed by atoms with Crippen LogP contribution in [0.2, 0.25) is 0 Å².